The Balaban J connectivity index is 2.76. The summed E-state index contributed by atoms with van der Waals surface area (Å²) >= 11 is 42.1. The van der Waals surface area contributed by atoms with Crippen LogP contribution >= 0.6 is 81.2 Å². The Bertz CT molecular complexity index is 381. The van der Waals surface area contributed by atoms with Crippen molar-refractivity contribution in [2.75, 3.05) is 0 Å². The summed E-state index contributed by atoms with van der Waals surface area (Å²) in [4.78, 5) is -2.77. The van der Waals surface area contributed by atoms with Crippen molar-refractivity contribution < 1.29 is 0 Å². The van der Waals surface area contributed by atoms with E-state index in [0.717, 1.165) is 0 Å². The van der Waals surface area contributed by atoms with Crippen LogP contribution in [-0.4, -0.2) is 14.1 Å². The van der Waals surface area contributed by atoms with Gasteiger partial charge in [-0.25, -0.2) is 0 Å². The highest BCUT2D eigenvalue weighted by molar-refractivity contribution is 6.68. The van der Waals surface area contributed by atoms with Crippen LogP contribution in [0.25, 0.3) is 0 Å². The number of hydrogen-bond donors (Lipinski definition) is 0. The molecule has 2 rings (SSSR count). The molecule has 0 heterocycles. The molecule has 2 atom stereocenters. The summed E-state index contributed by atoms with van der Waals surface area (Å²) in [6.45, 7) is 0. The van der Waals surface area contributed by atoms with E-state index < -0.39 is 14.1 Å². The molecule has 2 bridgehead atoms. The highest BCUT2D eigenvalue weighted by atomic mass is 35.5. The predicted molar refractivity (Wildman–Crippen MR) is 64.3 cm³/mol. The Morgan fingerprint density at radius 2 is 1.36 bits per heavy atom. The molecule has 0 aromatic rings. The molecule has 14 heavy (non-hydrogen) atoms. The molecule has 0 saturated heterocycles. The van der Waals surface area contributed by atoms with Gasteiger partial charge in [0, 0.05) is 5.03 Å². The molecule has 7 heteroatoms. The van der Waals surface area contributed by atoms with Crippen molar-refractivity contribution in [3.8, 4) is 0 Å². The summed E-state index contributed by atoms with van der Waals surface area (Å²) in [7, 11) is 0. The quantitative estimate of drug-likeness (QED) is 0.550. The smallest absolute Gasteiger partial charge is 0.105 e. The van der Waals surface area contributed by atoms with Crippen LogP contribution in [0.3, 0.4) is 0 Å². The van der Waals surface area contributed by atoms with Gasteiger partial charge in [0.2, 0.25) is 0 Å². The third-order valence-electron chi connectivity index (χ3n) is 2.36. The van der Waals surface area contributed by atoms with Gasteiger partial charge in [-0.15, -0.1) is 23.2 Å². The van der Waals surface area contributed by atoms with E-state index in [2.05, 4.69) is 0 Å². The molecule has 0 aromatic heterocycles. The lowest BCUT2D eigenvalue weighted by atomic mass is 10.1. The normalized spacial score (nSPS) is 44.6. The Morgan fingerprint density at radius 3 is 1.64 bits per heavy atom. The molecule has 2 aliphatic rings. The van der Waals surface area contributed by atoms with E-state index in [0.29, 0.717) is 0 Å². The Hall–Kier alpha value is 1.51. The van der Waals surface area contributed by atoms with Crippen LogP contribution in [-0.2, 0) is 0 Å². The molecule has 0 aromatic carbocycles. The number of fused-ring (bicyclic) bond motifs is 2. The molecule has 0 fully saturated rings. The molecule has 0 nitrogen and oxygen atoms in total. The topological polar surface area (TPSA) is 0 Å². The van der Waals surface area contributed by atoms with Gasteiger partial charge in [-0.1, -0.05) is 58.0 Å². The number of alkyl halides is 4. The fraction of sp³-hybridized carbons (Fsp3) is 0.429. The van der Waals surface area contributed by atoms with Crippen molar-refractivity contribution >= 4 is 81.2 Å². The molecule has 78 valence electrons. The molecule has 0 aliphatic heterocycles. The second-order valence-corrected chi connectivity index (χ2v) is 6.72. The summed E-state index contributed by atoms with van der Waals surface area (Å²) in [5, 5.41) is 0.382. The van der Waals surface area contributed by atoms with Gasteiger partial charge in [0.05, 0.1) is 10.1 Å². The monoisotopic (exact) mass is 330 g/mol. The lowest BCUT2D eigenvalue weighted by Gasteiger charge is -2.31. The van der Waals surface area contributed by atoms with Gasteiger partial charge in [0.15, 0.2) is 9.21 Å². The number of rotatable bonds is 0. The zero-order valence-electron chi connectivity index (χ0n) is 6.22. The van der Waals surface area contributed by atoms with E-state index in [1.807, 2.05) is 0 Å². The fourth-order valence-electron chi connectivity index (χ4n) is 1.52. The average Bonchev–Trinajstić information content (AvgIpc) is 2.27. The van der Waals surface area contributed by atoms with Gasteiger partial charge in [-0.05, 0) is 6.08 Å². The summed E-state index contributed by atoms with van der Waals surface area (Å²) < 4.78 is -1.58. The van der Waals surface area contributed by atoms with E-state index in [1.165, 1.54) is 6.08 Å². The van der Waals surface area contributed by atoms with Crippen LogP contribution in [0.5, 0.6) is 0 Å². The lowest BCUT2D eigenvalue weighted by molar-refractivity contribution is 0.714. The second-order valence-electron chi connectivity index (χ2n) is 3.06. The van der Waals surface area contributed by atoms with Gasteiger partial charge in [-0.3, -0.25) is 0 Å². The van der Waals surface area contributed by atoms with E-state index in [-0.39, 0.29) is 15.1 Å². The first-order valence-electron chi connectivity index (χ1n) is 3.40. The Morgan fingerprint density at radius 1 is 0.857 bits per heavy atom. The van der Waals surface area contributed by atoms with E-state index in [9.17, 15) is 0 Å². The second kappa shape index (κ2) is 3.04. The minimum atomic E-state index is -1.58. The molecule has 0 amide bonds. The summed E-state index contributed by atoms with van der Waals surface area (Å²) in [6, 6.07) is 0. The average molecular weight is 333 g/mol. The van der Waals surface area contributed by atoms with Crippen LogP contribution in [0.4, 0.5) is 0 Å². The van der Waals surface area contributed by atoms with Gasteiger partial charge in [0.1, 0.15) is 4.87 Å². The van der Waals surface area contributed by atoms with E-state index >= 15 is 0 Å². The maximum absolute atomic E-state index is 6.15. The van der Waals surface area contributed by atoms with Crippen LogP contribution in [0.1, 0.15) is 0 Å². The van der Waals surface area contributed by atoms with Crippen molar-refractivity contribution in [3.63, 3.8) is 0 Å². The highest BCUT2D eigenvalue weighted by Gasteiger charge is 2.75. The third-order valence-corrected chi connectivity index (χ3v) is 6.91. The molecule has 2 aliphatic carbocycles. The Labute approximate surface area is 116 Å². The van der Waals surface area contributed by atoms with Crippen molar-refractivity contribution in [2.24, 2.45) is 0 Å². The Kier molecular flexibility index (Phi) is 2.60. The molecule has 0 radical (unpaired) electrons. The van der Waals surface area contributed by atoms with Crippen molar-refractivity contribution in [2.45, 2.75) is 14.1 Å². The van der Waals surface area contributed by atoms with Gasteiger partial charge in [0.25, 0.3) is 0 Å². The zero-order chi connectivity index (χ0) is 10.9. The SMILES string of the molecule is ClC1=CC2(Cl)C(Cl)=C(Cl)C1(Cl)C2(Cl)Cl. The summed E-state index contributed by atoms with van der Waals surface area (Å²) in [6.07, 6.45) is 1.41. The van der Waals surface area contributed by atoms with Crippen LogP contribution in [0, 0.1) is 0 Å². The van der Waals surface area contributed by atoms with Crippen LogP contribution < -0.4 is 0 Å². The first-order valence-corrected chi connectivity index (χ1v) is 6.05. The van der Waals surface area contributed by atoms with E-state index in [1.54, 1.807) is 0 Å². The maximum Gasteiger partial charge on any atom is 0.174 e. The van der Waals surface area contributed by atoms with Gasteiger partial charge >= 0.3 is 0 Å². The minimum absolute atomic E-state index is 0.0772. The summed E-state index contributed by atoms with van der Waals surface area (Å²) in [5.41, 5.74) is 0. The standard InChI is InChI=1S/C7HCl7/c8-2-1-5(11)3(9)4(10)6(2,12)7(5,13)14/h1H. The molecule has 0 N–H and O–H groups in total. The van der Waals surface area contributed by atoms with Crippen molar-refractivity contribution in [1.82, 2.24) is 0 Å². The van der Waals surface area contributed by atoms with Crippen molar-refractivity contribution in [3.05, 3.63) is 21.2 Å². The first kappa shape index (κ1) is 12.0. The highest BCUT2D eigenvalue weighted by Crippen LogP contribution is 2.72. The van der Waals surface area contributed by atoms with E-state index in [4.69, 9.17) is 81.2 Å². The largest absolute Gasteiger partial charge is 0.174 e. The van der Waals surface area contributed by atoms with Crippen LogP contribution in [0.2, 0.25) is 0 Å². The van der Waals surface area contributed by atoms with Gasteiger partial charge in [-0.2, -0.15) is 0 Å². The molecular formula is C7HCl7. The molecule has 2 unspecified atom stereocenters. The molecular weight excluding hydrogens is 332 g/mol. The predicted octanol–water partition coefficient (Wildman–Crippen LogP) is 4.95. The first-order chi connectivity index (χ1) is 6.19. The van der Waals surface area contributed by atoms with Crippen molar-refractivity contribution in [1.29, 1.82) is 0 Å². The molecule has 0 spiro atoms. The maximum atomic E-state index is 6.15. The number of halogens is 7. The fourth-order valence-corrected chi connectivity index (χ4v) is 4.52. The molecule has 0 saturated carbocycles. The minimum Gasteiger partial charge on any atom is -0.105 e. The zero-order valence-corrected chi connectivity index (χ0v) is 11.5. The summed E-state index contributed by atoms with van der Waals surface area (Å²) in [5.74, 6) is 0. The van der Waals surface area contributed by atoms with Crippen LogP contribution in [0.15, 0.2) is 21.2 Å². The lowest BCUT2D eigenvalue weighted by Crippen LogP contribution is -2.44. The number of hydrogen-bond acceptors (Lipinski definition) is 0. The number of allylic oxidation sites excluding steroid dienone is 4. The van der Waals surface area contributed by atoms with Gasteiger partial charge < -0.3 is 0 Å². The third kappa shape index (κ3) is 0.977.